The second kappa shape index (κ2) is 5.03. The first-order chi connectivity index (χ1) is 10.7. The molecule has 0 saturated heterocycles. The molecule has 3 nitrogen and oxygen atoms in total. The lowest BCUT2D eigenvalue weighted by molar-refractivity contribution is 0.228. The van der Waals surface area contributed by atoms with Crippen LogP contribution in [0.15, 0.2) is 30.3 Å². The summed E-state index contributed by atoms with van der Waals surface area (Å²) in [5.74, 6) is 1.67. The molecule has 0 amide bonds. The van der Waals surface area contributed by atoms with E-state index in [1.807, 2.05) is 6.07 Å². The third-order valence-corrected chi connectivity index (χ3v) is 5.11. The Balaban J connectivity index is 2.02. The highest BCUT2D eigenvalue weighted by Gasteiger charge is 2.34. The van der Waals surface area contributed by atoms with Crippen LogP contribution in [0.4, 0.5) is 0 Å². The summed E-state index contributed by atoms with van der Waals surface area (Å²) in [5, 5.41) is 0. The van der Waals surface area contributed by atoms with Gasteiger partial charge in [0.15, 0.2) is 11.5 Å². The van der Waals surface area contributed by atoms with Gasteiger partial charge < -0.3 is 9.47 Å². The van der Waals surface area contributed by atoms with E-state index in [0.29, 0.717) is 6.04 Å². The van der Waals surface area contributed by atoms with Crippen LogP contribution in [-0.2, 0) is 12.8 Å². The number of hydrogen-bond donors (Lipinski definition) is 0. The van der Waals surface area contributed by atoms with Crippen molar-refractivity contribution in [1.82, 2.24) is 4.90 Å². The van der Waals surface area contributed by atoms with Crippen LogP contribution in [0.2, 0.25) is 0 Å². The van der Waals surface area contributed by atoms with Gasteiger partial charge in [-0.25, -0.2) is 0 Å². The van der Waals surface area contributed by atoms with Crippen molar-refractivity contribution >= 4 is 0 Å². The summed E-state index contributed by atoms with van der Waals surface area (Å²) < 4.78 is 11.2. The Morgan fingerprint density at radius 2 is 1.91 bits per heavy atom. The highest BCUT2D eigenvalue weighted by atomic mass is 16.5. The second-order valence-corrected chi connectivity index (χ2v) is 6.16. The van der Waals surface area contributed by atoms with Gasteiger partial charge in [0.1, 0.15) is 0 Å². The number of benzene rings is 2. The molecule has 0 bridgehead atoms. The Kier molecular flexibility index (Phi) is 3.12. The molecule has 0 spiro atoms. The molecule has 1 aliphatic carbocycles. The van der Waals surface area contributed by atoms with Gasteiger partial charge in [-0.2, -0.15) is 0 Å². The van der Waals surface area contributed by atoms with Crippen molar-refractivity contribution in [2.24, 2.45) is 0 Å². The molecule has 0 unspecified atom stereocenters. The molecule has 1 atom stereocenters. The molecule has 2 aromatic carbocycles. The minimum Gasteiger partial charge on any atom is -0.493 e. The number of hydrogen-bond acceptors (Lipinski definition) is 3. The summed E-state index contributed by atoms with van der Waals surface area (Å²) in [5.41, 5.74) is 6.84. The molecule has 22 heavy (non-hydrogen) atoms. The molecule has 1 aliphatic heterocycles. The largest absolute Gasteiger partial charge is 0.493 e. The molecule has 2 aliphatic rings. The van der Waals surface area contributed by atoms with Gasteiger partial charge in [0.25, 0.3) is 0 Å². The van der Waals surface area contributed by atoms with E-state index < -0.39 is 0 Å². The topological polar surface area (TPSA) is 21.7 Å². The van der Waals surface area contributed by atoms with Crippen LogP contribution >= 0.6 is 0 Å². The number of nitrogens with zero attached hydrogens (tertiary/aromatic N) is 1. The normalized spacial score (nSPS) is 19.3. The molecule has 4 rings (SSSR count). The molecule has 3 heteroatoms. The first-order valence-corrected chi connectivity index (χ1v) is 7.81. The Morgan fingerprint density at radius 1 is 1.05 bits per heavy atom. The average Bonchev–Trinajstić information content (AvgIpc) is 2.56. The van der Waals surface area contributed by atoms with Gasteiger partial charge in [0, 0.05) is 18.2 Å². The lowest BCUT2D eigenvalue weighted by atomic mass is 9.89. The number of methoxy groups -OCH3 is 2. The molecule has 1 heterocycles. The zero-order valence-corrected chi connectivity index (χ0v) is 13.3. The van der Waals surface area contributed by atoms with E-state index in [-0.39, 0.29) is 0 Å². The van der Waals surface area contributed by atoms with E-state index in [1.54, 1.807) is 14.2 Å². The standard InChI is InChI=1S/C19H21NO2/c1-20-10-9-12-5-4-6-14-17(12)15(20)11-13-7-8-16(21-2)19(22-3)18(13)14/h4-8,15H,9-11H2,1-3H3/t15-/m0/s1/i15+2. The minimum absolute atomic E-state index is 0.477. The molecule has 0 fully saturated rings. The fraction of sp³-hybridized carbons (Fsp3) is 0.368. The predicted octanol–water partition coefficient (Wildman–Crippen LogP) is 3.46. The van der Waals surface area contributed by atoms with Crippen molar-refractivity contribution in [2.45, 2.75) is 18.9 Å². The number of ether oxygens (including phenoxy) is 2. The van der Waals surface area contributed by atoms with Gasteiger partial charge >= 0.3 is 0 Å². The number of likely N-dealkylation sites (N-methyl/N-ethyl adjacent to an activating group) is 1. The van der Waals surface area contributed by atoms with Crippen molar-refractivity contribution in [1.29, 1.82) is 0 Å². The molecular weight excluding hydrogens is 276 g/mol. The maximum atomic E-state index is 5.71. The summed E-state index contributed by atoms with van der Waals surface area (Å²) >= 11 is 0. The summed E-state index contributed by atoms with van der Waals surface area (Å²) in [6, 6.07) is 11.4. The van der Waals surface area contributed by atoms with Gasteiger partial charge in [-0.1, -0.05) is 24.3 Å². The van der Waals surface area contributed by atoms with Crippen LogP contribution in [0.3, 0.4) is 0 Å². The van der Waals surface area contributed by atoms with E-state index in [2.05, 4.69) is 36.2 Å². The quantitative estimate of drug-likeness (QED) is 0.847. The van der Waals surface area contributed by atoms with Crippen molar-refractivity contribution in [3.63, 3.8) is 0 Å². The Hall–Kier alpha value is -2.00. The van der Waals surface area contributed by atoms with Crippen LogP contribution < -0.4 is 9.47 Å². The van der Waals surface area contributed by atoms with Crippen molar-refractivity contribution in [3.05, 3.63) is 47.0 Å². The average molecular weight is 297 g/mol. The smallest absolute Gasteiger partial charge is 0.168 e. The van der Waals surface area contributed by atoms with Gasteiger partial charge in [-0.05, 0) is 48.2 Å². The highest BCUT2D eigenvalue weighted by Crippen LogP contribution is 2.50. The van der Waals surface area contributed by atoms with Crippen molar-refractivity contribution < 1.29 is 9.47 Å². The fourth-order valence-corrected chi connectivity index (χ4v) is 4.01. The highest BCUT2D eigenvalue weighted by molar-refractivity contribution is 5.82. The molecule has 2 aromatic rings. The van der Waals surface area contributed by atoms with E-state index in [9.17, 15) is 0 Å². The molecular formula is C19H21NO2. The molecule has 0 N–H and O–H groups in total. The molecule has 114 valence electrons. The third-order valence-electron chi connectivity index (χ3n) is 5.11. The fourth-order valence-electron chi connectivity index (χ4n) is 4.01. The van der Waals surface area contributed by atoms with Gasteiger partial charge in [-0.3, -0.25) is 4.90 Å². The van der Waals surface area contributed by atoms with Crippen LogP contribution in [-0.4, -0.2) is 32.7 Å². The molecule has 0 radical (unpaired) electrons. The zero-order valence-electron chi connectivity index (χ0n) is 13.3. The first-order valence-electron chi connectivity index (χ1n) is 7.81. The summed E-state index contributed by atoms with van der Waals surface area (Å²) in [6.45, 7) is 1.13. The van der Waals surface area contributed by atoms with Crippen LogP contribution in [0.5, 0.6) is 11.5 Å². The van der Waals surface area contributed by atoms with Gasteiger partial charge in [0.2, 0.25) is 0 Å². The summed E-state index contributed by atoms with van der Waals surface area (Å²) in [6.07, 6.45) is 2.16. The Labute approximate surface area is 131 Å². The third kappa shape index (κ3) is 1.78. The second-order valence-electron chi connectivity index (χ2n) is 6.16. The molecule has 0 saturated carbocycles. The van der Waals surface area contributed by atoms with Crippen molar-refractivity contribution in [2.75, 3.05) is 27.8 Å². The van der Waals surface area contributed by atoms with E-state index in [1.165, 1.54) is 27.8 Å². The Bertz CT molecular complexity index is 738. The minimum atomic E-state index is 0.477. The van der Waals surface area contributed by atoms with Gasteiger partial charge in [-0.15, -0.1) is 0 Å². The zero-order chi connectivity index (χ0) is 15.3. The summed E-state index contributed by atoms with van der Waals surface area (Å²) in [4.78, 5) is 2.48. The van der Waals surface area contributed by atoms with E-state index in [4.69, 9.17) is 9.47 Å². The number of fused-ring (bicyclic) bond motifs is 2. The van der Waals surface area contributed by atoms with Crippen LogP contribution in [0.1, 0.15) is 22.7 Å². The maximum Gasteiger partial charge on any atom is 0.168 e. The van der Waals surface area contributed by atoms with Crippen molar-refractivity contribution in [3.8, 4) is 22.6 Å². The lowest BCUT2D eigenvalue weighted by Crippen LogP contribution is -2.35. The molecule has 0 aromatic heterocycles. The van der Waals surface area contributed by atoms with Crippen LogP contribution in [0, 0.1) is 0 Å². The maximum absolute atomic E-state index is 5.71. The SMILES string of the molecule is COc1ccc2c(c1OC)-c1cccc3c1[14C@H](C2)N(C)CC3. The van der Waals surface area contributed by atoms with Crippen LogP contribution in [0.25, 0.3) is 11.1 Å². The summed E-state index contributed by atoms with van der Waals surface area (Å²) in [7, 11) is 5.66. The van der Waals surface area contributed by atoms with E-state index in [0.717, 1.165) is 30.9 Å². The lowest BCUT2D eigenvalue weighted by Gasteiger charge is -2.40. The monoisotopic (exact) mass is 297 g/mol. The predicted molar refractivity (Wildman–Crippen MR) is 87.8 cm³/mol. The first kappa shape index (κ1) is 13.6. The van der Waals surface area contributed by atoms with E-state index >= 15 is 0 Å². The number of rotatable bonds is 2. The van der Waals surface area contributed by atoms with Gasteiger partial charge in [0.05, 0.1) is 14.2 Å². The Morgan fingerprint density at radius 3 is 2.68 bits per heavy atom.